The molecule has 5 nitrogen and oxygen atoms in total. The molecular weight excluding hydrogens is 272 g/mol. The van der Waals surface area contributed by atoms with Crippen LogP contribution in [0, 0.1) is 6.92 Å². The van der Waals surface area contributed by atoms with Gasteiger partial charge in [0.1, 0.15) is 5.82 Å². The lowest BCUT2D eigenvalue weighted by Gasteiger charge is -2.07. The number of nitrogens with one attached hydrogen (secondary N) is 1. The van der Waals surface area contributed by atoms with E-state index in [-0.39, 0.29) is 5.69 Å². The zero-order valence-corrected chi connectivity index (χ0v) is 10.8. The van der Waals surface area contributed by atoms with Gasteiger partial charge in [-0.3, -0.25) is 0 Å². The van der Waals surface area contributed by atoms with Crippen molar-refractivity contribution in [2.24, 2.45) is 0 Å². The lowest BCUT2D eigenvalue weighted by molar-refractivity contribution is 0.792. The maximum Gasteiger partial charge on any atom is 0.349 e. The largest absolute Gasteiger partial charge is 0.349 e. The van der Waals surface area contributed by atoms with Gasteiger partial charge in [0.15, 0.2) is 5.65 Å². The Morgan fingerprint density at radius 1 is 1.62 bits per heavy atom. The van der Waals surface area contributed by atoms with E-state index >= 15 is 0 Å². The van der Waals surface area contributed by atoms with Gasteiger partial charge < -0.3 is 0 Å². The second-order valence-corrected chi connectivity index (χ2v) is 5.02. The summed E-state index contributed by atoms with van der Waals surface area (Å²) >= 11 is 3.57. The third-order valence-electron chi connectivity index (χ3n) is 2.50. The standard InChI is InChI=1S/C10H13BrN4O/c1-3-7(11)4-8-5-9-13-14-10(16)15(9)6(2)12-8/h5,7H,3-4H2,1-2H3,(H,14,16). The molecule has 2 aromatic rings. The van der Waals surface area contributed by atoms with E-state index in [9.17, 15) is 4.79 Å². The van der Waals surface area contributed by atoms with Gasteiger partial charge in [-0.2, -0.15) is 5.10 Å². The van der Waals surface area contributed by atoms with Gasteiger partial charge in [-0.15, -0.1) is 0 Å². The number of aryl methyl sites for hydroxylation is 1. The van der Waals surface area contributed by atoms with Crippen molar-refractivity contribution in [2.75, 3.05) is 0 Å². The average Bonchev–Trinajstić information content (AvgIpc) is 2.60. The maximum absolute atomic E-state index is 11.4. The molecule has 2 rings (SSSR count). The highest BCUT2D eigenvalue weighted by Crippen LogP contribution is 2.12. The van der Waals surface area contributed by atoms with Crippen LogP contribution in [0.3, 0.4) is 0 Å². The van der Waals surface area contributed by atoms with Crippen molar-refractivity contribution >= 4 is 21.6 Å². The molecule has 2 heterocycles. The second kappa shape index (κ2) is 4.37. The summed E-state index contributed by atoms with van der Waals surface area (Å²) in [5.41, 5.74) is 1.34. The molecule has 0 aliphatic heterocycles. The van der Waals surface area contributed by atoms with Crippen molar-refractivity contribution in [3.63, 3.8) is 0 Å². The first kappa shape index (κ1) is 11.3. The Labute approximate surface area is 101 Å². The summed E-state index contributed by atoms with van der Waals surface area (Å²) in [4.78, 5) is 16.2. The van der Waals surface area contributed by atoms with Crippen LogP contribution in [0.1, 0.15) is 24.9 Å². The van der Waals surface area contributed by atoms with Crippen LogP contribution in [0.4, 0.5) is 0 Å². The number of aromatic nitrogens is 4. The molecule has 86 valence electrons. The Kier molecular flexibility index (Phi) is 3.09. The minimum atomic E-state index is -0.238. The van der Waals surface area contributed by atoms with E-state index in [2.05, 4.69) is 38.0 Å². The van der Waals surface area contributed by atoms with E-state index in [1.54, 1.807) is 0 Å². The molecule has 0 aromatic carbocycles. The van der Waals surface area contributed by atoms with Crippen LogP contribution in [-0.2, 0) is 6.42 Å². The summed E-state index contributed by atoms with van der Waals surface area (Å²) in [6.07, 6.45) is 1.88. The smallest absolute Gasteiger partial charge is 0.246 e. The Hall–Kier alpha value is -1.17. The molecule has 1 unspecified atom stereocenters. The van der Waals surface area contributed by atoms with Gasteiger partial charge in [0.25, 0.3) is 0 Å². The van der Waals surface area contributed by atoms with Gasteiger partial charge >= 0.3 is 5.69 Å². The molecule has 0 fully saturated rings. The highest BCUT2D eigenvalue weighted by atomic mass is 79.9. The van der Waals surface area contributed by atoms with Gasteiger partial charge in [0.2, 0.25) is 0 Å². The zero-order valence-electron chi connectivity index (χ0n) is 9.20. The molecule has 2 aromatic heterocycles. The first-order chi connectivity index (χ1) is 7.61. The minimum Gasteiger partial charge on any atom is -0.246 e. The molecule has 0 aliphatic carbocycles. The van der Waals surface area contributed by atoms with E-state index in [0.29, 0.717) is 16.3 Å². The summed E-state index contributed by atoms with van der Waals surface area (Å²) in [6.45, 7) is 3.92. The summed E-state index contributed by atoms with van der Waals surface area (Å²) in [6, 6.07) is 1.84. The van der Waals surface area contributed by atoms with Crippen molar-refractivity contribution in [3.8, 4) is 0 Å². The van der Waals surface area contributed by atoms with Crippen molar-refractivity contribution in [2.45, 2.75) is 31.5 Å². The van der Waals surface area contributed by atoms with Gasteiger partial charge in [-0.25, -0.2) is 19.3 Å². The topological polar surface area (TPSA) is 63.0 Å². The molecule has 0 bridgehead atoms. The van der Waals surface area contributed by atoms with Crippen molar-refractivity contribution in [1.82, 2.24) is 19.6 Å². The molecule has 0 aliphatic rings. The van der Waals surface area contributed by atoms with Gasteiger partial charge in [0, 0.05) is 23.0 Å². The summed E-state index contributed by atoms with van der Waals surface area (Å²) in [5, 5.41) is 6.36. The van der Waals surface area contributed by atoms with Crippen molar-refractivity contribution < 1.29 is 0 Å². The van der Waals surface area contributed by atoms with Crippen LogP contribution in [0.5, 0.6) is 0 Å². The number of hydrogen-bond acceptors (Lipinski definition) is 3. The van der Waals surface area contributed by atoms with Gasteiger partial charge in [0.05, 0.1) is 0 Å². The maximum atomic E-state index is 11.4. The van der Waals surface area contributed by atoms with Crippen LogP contribution < -0.4 is 5.69 Å². The van der Waals surface area contributed by atoms with Gasteiger partial charge in [-0.05, 0) is 13.3 Å². The number of hydrogen-bond donors (Lipinski definition) is 1. The van der Waals surface area contributed by atoms with E-state index in [0.717, 1.165) is 18.5 Å². The first-order valence-corrected chi connectivity index (χ1v) is 6.11. The number of rotatable bonds is 3. The van der Waals surface area contributed by atoms with E-state index in [1.165, 1.54) is 4.40 Å². The highest BCUT2D eigenvalue weighted by molar-refractivity contribution is 9.09. The SMILES string of the molecule is CCC(Br)Cc1cc2n[nH]c(=O)n2c(C)n1. The monoisotopic (exact) mass is 284 g/mol. The molecule has 0 spiro atoms. The molecule has 1 N–H and O–H groups in total. The Bertz CT molecular complexity index is 559. The predicted molar refractivity (Wildman–Crippen MR) is 65.1 cm³/mol. The first-order valence-electron chi connectivity index (χ1n) is 5.19. The molecule has 0 amide bonds. The number of aromatic amines is 1. The molecule has 16 heavy (non-hydrogen) atoms. The van der Waals surface area contributed by atoms with Crippen LogP contribution in [0.25, 0.3) is 5.65 Å². The molecule has 0 saturated heterocycles. The summed E-state index contributed by atoms with van der Waals surface area (Å²) < 4.78 is 1.47. The fourth-order valence-corrected chi connectivity index (χ4v) is 1.97. The zero-order chi connectivity index (χ0) is 11.7. The van der Waals surface area contributed by atoms with E-state index < -0.39 is 0 Å². The highest BCUT2D eigenvalue weighted by Gasteiger charge is 2.09. The Balaban J connectivity index is 2.46. The number of alkyl halides is 1. The minimum absolute atomic E-state index is 0.238. The third-order valence-corrected chi connectivity index (χ3v) is 3.47. The molecule has 1 atom stereocenters. The predicted octanol–water partition coefficient (Wildman–Crippen LogP) is 1.44. The number of fused-ring (bicyclic) bond motifs is 1. The molecule has 0 radical (unpaired) electrons. The normalized spacial score (nSPS) is 13.2. The molecular formula is C10H13BrN4O. The number of H-pyrrole nitrogens is 1. The fraction of sp³-hybridized carbons (Fsp3) is 0.500. The quantitative estimate of drug-likeness (QED) is 0.868. The summed E-state index contributed by atoms with van der Waals surface area (Å²) in [7, 11) is 0. The van der Waals surface area contributed by atoms with Crippen molar-refractivity contribution in [1.29, 1.82) is 0 Å². The molecule has 0 saturated carbocycles. The lowest BCUT2D eigenvalue weighted by Crippen LogP contribution is -2.14. The Morgan fingerprint density at radius 3 is 3.06 bits per heavy atom. The van der Waals surface area contributed by atoms with Crippen molar-refractivity contribution in [3.05, 3.63) is 28.1 Å². The van der Waals surface area contributed by atoms with Crippen LogP contribution in [0.15, 0.2) is 10.9 Å². The average molecular weight is 285 g/mol. The summed E-state index contributed by atoms with van der Waals surface area (Å²) in [5.74, 6) is 0.669. The molecule has 6 heteroatoms. The van der Waals surface area contributed by atoms with E-state index in [4.69, 9.17) is 0 Å². The second-order valence-electron chi connectivity index (χ2n) is 3.73. The van der Waals surface area contributed by atoms with Crippen LogP contribution in [-0.4, -0.2) is 24.4 Å². The number of nitrogens with zero attached hydrogens (tertiary/aromatic N) is 3. The Morgan fingerprint density at radius 2 is 2.38 bits per heavy atom. The van der Waals surface area contributed by atoms with Crippen LogP contribution >= 0.6 is 15.9 Å². The number of halogens is 1. The van der Waals surface area contributed by atoms with Gasteiger partial charge in [-0.1, -0.05) is 22.9 Å². The van der Waals surface area contributed by atoms with E-state index in [1.807, 2.05) is 13.0 Å². The fourth-order valence-electron chi connectivity index (χ4n) is 1.63. The lowest BCUT2D eigenvalue weighted by atomic mass is 10.2. The third kappa shape index (κ3) is 2.02. The van der Waals surface area contributed by atoms with Crippen LogP contribution in [0.2, 0.25) is 0 Å².